The molecule has 7 heteroatoms. The van der Waals surface area contributed by atoms with E-state index in [-0.39, 0.29) is 33.8 Å². The highest BCUT2D eigenvalue weighted by molar-refractivity contribution is 6.31. The molecular weight excluding hydrogens is 353 g/mol. The van der Waals surface area contributed by atoms with Gasteiger partial charge in [-0.1, -0.05) is 37.1 Å². The topological polar surface area (TPSA) is 53.8 Å². The van der Waals surface area contributed by atoms with Crippen LogP contribution < -0.4 is 0 Å². The molecule has 1 fully saturated rings. The Kier molecular flexibility index (Phi) is 5.02. The Bertz CT molecular complexity index is 774. The number of nitriles is 1. The molecule has 3 atom stereocenters. The SMILES string of the molecule is CC(C)=C[C@@H]1[C@@H](C(=O)[C@H](C#N)c2ncc(C(F)(F)F)cc2Cl)C1(C)C. The second-order valence-corrected chi connectivity index (χ2v) is 7.53. The molecule has 0 bridgehead atoms. The number of pyridine rings is 1. The van der Waals surface area contributed by atoms with E-state index in [1.165, 1.54) is 0 Å². The maximum absolute atomic E-state index is 12.8. The number of hydrogen-bond acceptors (Lipinski definition) is 3. The zero-order valence-electron chi connectivity index (χ0n) is 14.3. The molecule has 2 rings (SSSR count). The summed E-state index contributed by atoms with van der Waals surface area (Å²) in [5.41, 5.74) is -0.380. The van der Waals surface area contributed by atoms with Crippen molar-refractivity contribution in [1.82, 2.24) is 4.98 Å². The maximum Gasteiger partial charge on any atom is 0.417 e. The minimum Gasteiger partial charge on any atom is -0.297 e. The minimum atomic E-state index is -4.59. The van der Waals surface area contributed by atoms with Crippen LogP contribution in [0.5, 0.6) is 0 Å². The van der Waals surface area contributed by atoms with E-state index in [0.29, 0.717) is 12.3 Å². The Morgan fingerprint density at radius 1 is 1.44 bits per heavy atom. The number of halogens is 4. The van der Waals surface area contributed by atoms with Gasteiger partial charge in [-0.05, 0) is 31.2 Å². The van der Waals surface area contributed by atoms with Gasteiger partial charge in [0.25, 0.3) is 0 Å². The van der Waals surface area contributed by atoms with Crippen molar-refractivity contribution >= 4 is 17.4 Å². The lowest BCUT2D eigenvalue weighted by Gasteiger charge is -2.13. The van der Waals surface area contributed by atoms with Crippen LogP contribution >= 0.6 is 11.6 Å². The maximum atomic E-state index is 12.8. The van der Waals surface area contributed by atoms with E-state index in [1.807, 2.05) is 39.8 Å². The average Bonchev–Trinajstić information content (AvgIpc) is 3.00. The fraction of sp³-hybridized carbons (Fsp3) is 0.500. The van der Waals surface area contributed by atoms with Gasteiger partial charge in [0.15, 0.2) is 5.78 Å². The first-order valence-corrected chi connectivity index (χ1v) is 8.10. The summed E-state index contributed by atoms with van der Waals surface area (Å²) >= 11 is 5.89. The third kappa shape index (κ3) is 3.72. The number of hydrogen-bond donors (Lipinski definition) is 0. The standard InChI is InChI=1S/C18H18ClF3N2O/c1-9(2)5-12-14(17(12,3)4)16(25)11(7-23)15-13(19)6-10(8-24-15)18(20,21)22/h5-6,8,11-12,14H,1-4H3/t11-,12-,14+/m1/s1. The predicted octanol–water partition coefficient (Wildman–Crippen LogP) is 5.17. The molecule has 1 saturated carbocycles. The molecule has 3 nitrogen and oxygen atoms in total. The number of nitrogens with zero attached hydrogens (tertiary/aromatic N) is 2. The van der Waals surface area contributed by atoms with Crippen molar-refractivity contribution in [3.05, 3.63) is 40.2 Å². The third-order valence-corrected chi connectivity index (χ3v) is 4.92. The van der Waals surface area contributed by atoms with Crippen LogP contribution in [0.25, 0.3) is 0 Å². The van der Waals surface area contributed by atoms with Crippen LogP contribution in [-0.2, 0) is 11.0 Å². The predicted molar refractivity (Wildman–Crippen MR) is 87.8 cm³/mol. The molecule has 0 aromatic carbocycles. The lowest BCUT2D eigenvalue weighted by atomic mass is 9.94. The first-order valence-electron chi connectivity index (χ1n) is 7.72. The summed E-state index contributed by atoms with van der Waals surface area (Å²) in [4.78, 5) is 16.5. The molecule has 25 heavy (non-hydrogen) atoms. The third-order valence-electron chi connectivity index (χ3n) is 4.61. The summed E-state index contributed by atoms with van der Waals surface area (Å²) in [5.74, 6) is -2.03. The van der Waals surface area contributed by atoms with Crippen molar-refractivity contribution < 1.29 is 18.0 Å². The molecule has 1 aromatic heterocycles. The summed E-state index contributed by atoms with van der Waals surface area (Å²) in [6.45, 7) is 7.70. The molecule has 1 aromatic rings. The van der Waals surface area contributed by atoms with Crippen LogP contribution in [0, 0.1) is 28.6 Å². The first-order chi connectivity index (χ1) is 11.4. The van der Waals surface area contributed by atoms with Crippen molar-refractivity contribution in [2.45, 2.75) is 39.8 Å². The van der Waals surface area contributed by atoms with Crippen molar-refractivity contribution in [2.75, 3.05) is 0 Å². The van der Waals surface area contributed by atoms with Crippen molar-refractivity contribution in [1.29, 1.82) is 5.26 Å². The van der Waals surface area contributed by atoms with Crippen molar-refractivity contribution in [2.24, 2.45) is 17.3 Å². The van der Waals surface area contributed by atoms with Crippen molar-refractivity contribution in [3.8, 4) is 6.07 Å². The number of aromatic nitrogens is 1. The monoisotopic (exact) mass is 370 g/mol. The van der Waals surface area contributed by atoms with Gasteiger partial charge in [0.05, 0.1) is 22.3 Å². The van der Waals surface area contributed by atoms with E-state index in [4.69, 9.17) is 11.6 Å². The van der Waals surface area contributed by atoms with Gasteiger partial charge in [-0.2, -0.15) is 18.4 Å². The summed E-state index contributed by atoms with van der Waals surface area (Å²) < 4.78 is 38.2. The molecule has 1 heterocycles. The Hall–Kier alpha value is -1.87. The van der Waals surface area contributed by atoms with Gasteiger partial charge in [0, 0.05) is 12.1 Å². The van der Waals surface area contributed by atoms with Crippen LogP contribution in [0.15, 0.2) is 23.9 Å². The van der Waals surface area contributed by atoms with Gasteiger partial charge in [0.1, 0.15) is 5.92 Å². The molecule has 0 aliphatic heterocycles. The number of alkyl halides is 3. The highest BCUT2D eigenvalue weighted by atomic mass is 35.5. The van der Waals surface area contributed by atoms with Gasteiger partial charge in [-0.3, -0.25) is 9.78 Å². The van der Waals surface area contributed by atoms with Gasteiger partial charge in [-0.25, -0.2) is 0 Å². The Morgan fingerprint density at radius 2 is 2.04 bits per heavy atom. The summed E-state index contributed by atoms with van der Waals surface area (Å²) in [6.07, 6.45) is -2.00. The van der Waals surface area contributed by atoms with Crippen LogP contribution in [-0.4, -0.2) is 10.8 Å². The smallest absolute Gasteiger partial charge is 0.297 e. The van der Waals surface area contributed by atoms with Crippen LogP contribution in [0.4, 0.5) is 13.2 Å². The molecule has 0 unspecified atom stereocenters. The van der Waals surface area contributed by atoms with E-state index in [1.54, 1.807) is 0 Å². The number of carbonyl (C=O) groups excluding carboxylic acids is 1. The lowest BCUT2D eigenvalue weighted by Crippen LogP contribution is -2.18. The molecule has 0 amide bonds. The minimum absolute atomic E-state index is 0.00549. The average molecular weight is 371 g/mol. The fourth-order valence-corrected chi connectivity index (χ4v) is 3.42. The van der Waals surface area contributed by atoms with E-state index in [0.717, 1.165) is 5.57 Å². The molecule has 0 radical (unpaired) electrons. The second-order valence-electron chi connectivity index (χ2n) is 7.12. The van der Waals surface area contributed by atoms with Gasteiger partial charge in [0.2, 0.25) is 0 Å². The Balaban J connectivity index is 2.34. The Labute approximate surface area is 149 Å². The molecule has 0 N–H and O–H groups in total. The van der Waals surface area contributed by atoms with Gasteiger partial charge < -0.3 is 0 Å². The number of rotatable bonds is 4. The summed E-state index contributed by atoms with van der Waals surface area (Å²) in [6, 6.07) is 2.55. The van der Waals surface area contributed by atoms with E-state index in [9.17, 15) is 23.2 Å². The van der Waals surface area contributed by atoms with Crippen LogP contribution in [0.3, 0.4) is 0 Å². The van der Waals surface area contributed by atoms with Crippen LogP contribution in [0.2, 0.25) is 5.02 Å². The zero-order valence-corrected chi connectivity index (χ0v) is 15.0. The molecule has 134 valence electrons. The summed E-state index contributed by atoms with van der Waals surface area (Å²) in [5, 5.41) is 9.08. The van der Waals surface area contributed by atoms with E-state index < -0.39 is 17.7 Å². The van der Waals surface area contributed by atoms with E-state index in [2.05, 4.69) is 4.98 Å². The first kappa shape index (κ1) is 19.5. The molecule has 0 spiro atoms. The Morgan fingerprint density at radius 3 is 2.48 bits per heavy atom. The number of carbonyl (C=O) groups is 1. The zero-order chi connectivity index (χ0) is 19.2. The number of ketones is 1. The molecule has 0 saturated heterocycles. The highest BCUT2D eigenvalue weighted by Crippen LogP contribution is 2.61. The second kappa shape index (κ2) is 6.45. The summed E-state index contributed by atoms with van der Waals surface area (Å²) in [7, 11) is 0. The lowest BCUT2D eigenvalue weighted by molar-refractivity contribution is -0.137. The molecule has 1 aliphatic carbocycles. The quantitative estimate of drug-likeness (QED) is 0.687. The van der Waals surface area contributed by atoms with E-state index >= 15 is 0 Å². The number of allylic oxidation sites excluding steroid dienone is 2. The van der Waals surface area contributed by atoms with Crippen molar-refractivity contribution in [3.63, 3.8) is 0 Å². The number of Topliss-reactive ketones (excluding diaryl/α,β-unsaturated/α-hetero) is 1. The molecule has 1 aliphatic rings. The highest BCUT2D eigenvalue weighted by Gasteiger charge is 2.61. The van der Waals surface area contributed by atoms with Gasteiger partial charge >= 0.3 is 6.18 Å². The normalized spacial score (nSPS) is 22.7. The molecular formula is C18H18ClF3N2O. The van der Waals surface area contributed by atoms with Crippen LogP contribution in [0.1, 0.15) is 44.9 Å². The fourth-order valence-electron chi connectivity index (χ4n) is 3.15. The largest absolute Gasteiger partial charge is 0.417 e. The van der Waals surface area contributed by atoms with Gasteiger partial charge in [-0.15, -0.1) is 0 Å².